The number of rotatable bonds is 8. The van der Waals surface area contributed by atoms with Crippen LogP contribution in [-0.4, -0.2) is 50.9 Å². The minimum Gasteiger partial charge on any atom is -0.350 e. The molecule has 0 saturated carbocycles. The molecule has 0 unspecified atom stereocenters. The van der Waals surface area contributed by atoms with E-state index in [1.165, 1.54) is 17.7 Å². The van der Waals surface area contributed by atoms with Gasteiger partial charge in [0.2, 0.25) is 0 Å². The molecule has 24 heavy (non-hydrogen) atoms. The van der Waals surface area contributed by atoms with Crippen LogP contribution in [0.2, 0.25) is 0 Å². The van der Waals surface area contributed by atoms with Crippen LogP contribution in [0.4, 0.5) is 10.9 Å². The van der Waals surface area contributed by atoms with Gasteiger partial charge in [-0.05, 0) is 33.8 Å². The van der Waals surface area contributed by atoms with E-state index in [4.69, 9.17) is 0 Å². The summed E-state index contributed by atoms with van der Waals surface area (Å²) in [5.74, 6) is 0.548. The minimum absolute atomic E-state index is 0.101. The second-order valence-corrected chi connectivity index (χ2v) is 6.96. The third-order valence-corrected chi connectivity index (χ3v) is 4.44. The Kier molecular flexibility index (Phi) is 6.62. The van der Waals surface area contributed by atoms with Crippen LogP contribution < -0.4 is 10.6 Å². The van der Waals surface area contributed by atoms with Crippen LogP contribution in [0, 0.1) is 0 Å². The molecule has 2 rings (SSSR count). The van der Waals surface area contributed by atoms with Crippen molar-refractivity contribution in [2.24, 2.45) is 0 Å². The number of thiazole rings is 1. The first-order chi connectivity index (χ1) is 11.5. The monoisotopic (exact) mass is 348 g/mol. The molecule has 1 amide bonds. The molecule has 7 nitrogen and oxygen atoms in total. The van der Waals surface area contributed by atoms with Gasteiger partial charge in [-0.15, -0.1) is 0 Å². The third kappa shape index (κ3) is 5.24. The van der Waals surface area contributed by atoms with Gasteiger partial charge in [-0.25, -0.2) is 15.0 Å². The molecule has 0 aliphatic heterocycles. The Labute approximate surface area is 146 Å². The van der Waals surface area contributed by atoms with E-state index in [1.54, 1.807) is 18.5 Å². The quantitative estimate of drug-likeness (QED) is 0.763. The predicted molar refractivity (Wildman–Crippen MR) is 96.7 cm³/mol. The number of nitrogens with zero attached hydrogens (tertiary/aromatic N) is 4. The van der Waals surface area contributed by atoms with Gasteiger partial charge in [-0.1, -0.05) is 11.3 Å². The van der Waals surface area contributed by atoms with E-state index in [2.05, 4.69) is 58.2 Å². The van der Waals surface area contributed by atoms with Crippen molar-refractivity contribution in [2.75, 3.05) is 18.4 Å². The number of amides is 1. The summed E-state index contributed by atoms with van der Waals surface area (Å²) >= 11 is 1.30. The Morgan fingerprint density at radius 1 is 1.25 bits per heavy atom. The normalized spacial score (nSPS) is 11.3. The summed E-state index contributed by atoms with van der Waals surface area (Å²) in [6.07, 6.45) is 4.68. The van der Waals surface area contributed by atoms with E-state index < -0.39 is 0 Å². The molecule has 0 aromatic carbocycles. The standard InChI is InChI=1S/C16H24N6OS/c1-11(2)22(12(3)4)8-7-18-15(23)13-9-19-16(24-13)21-14-5-6-17-10-20-14/h5-6,9-12H,7-8H2,1-4H3,(H,18,23)(H,17,19,20,21). The Morgan fingerprint density at radius 2 is 2.00 bits per heavy atom. The fourth-order valence-corrected chi connectivity index (χ4v) is 3.15. The van der Waals surface area contributed by atoms with Gasteiger partial charge in [0.15, 0.2) is 5.13 Å². The summed E-state index contributed by atoms with van der Waals surface area (Å²) in [6.45, 7) is 10.1. The van der Waals surface area contributed by atoms with E-state index >= 15 is 0 Å². The van der Waals surface area contributed by atoms with Gasteiger partial charge < -0.3 is 10.6 Å². The molecule has 8 heteroatoms. The van der Waals surface area contributed by atoms with Crippen molar-refractivity contribution >= 4 is 28.2 Å². The molecule has 0 bridgehead atoms. The maximum atomic E-state index is 12.2. The molecule has 130 valence electrons. The highest BCUT2D eigenvalue weighted by molar-refractivity contribution is 7.17. The Balaban J connectivity index is 1.85. The number of hydrogen-bond donors (Lipinski definition) is 2. The lowest BCUT2D eigenvalue weighted by Crippen LogP contribution is -2.42. The molecule has 2 aromatic rings. The molecule has 0 aliphatic carbocycles. The Morgan fingerprint density at radius 3 is 2.62 bits per heavy atom. The van der Waals surface area contributed by atoms with E-state index in [0.717, 1.165) is 6.54 Å². The van der Waals surface area contributed by atoms with Gasteiger partial charge in [-0.3, -0.25) is 9.69 Å². The van der Waals surface area contributed by atoms with Crippen molar-refractivity contribution in [1.82, 2.24) is 25.2 Å². The van der Waals surface area contributed by atoms with E-state index in [0.29, 0.717) is 34.5 Å². The van der Waals surface area contributed by atoms with Gasteiger partial charge in [0.1, 0.15) is 17.0 Å². The molecule has 0 atom stereocenters. The molecule has 0 radical (unpaired) electrons. The zero-order valence-corrected chi connectivity index (χ0v) is 15.3. The average molecular weight is 348 g/mol. The van der Waals surface area contributed by atoms with Crippen LogP contribution in [0.5, 0.6) is 0 Å². The Hall–Kier alpha value is -2.06. The predicted octanol–water partition coefficient (Wildman–Crippen LogP) is 2.53. The van der Waals surface area contributed by atoms with Crippen molar-refractivity contribution in [3.63, 3.8) is 0 Å². The molecular weight excluding hydrogens is 324 g/mol. The SMILES string of the molecule is CC(C)N(CCNC(=O)c1cnc(Nc2ccncn2)s1)C(C)C. The molecule has 0 aliphatic rings. The second kappa shape index (κ2) is 8.70. The number of aromatic nitrogens is 3. The lowest BCUT2D eigenvalue weighted by molar-refractivity contribution is 0.0943. The number of carbonyl (C=O) groups excluding carboxylic acids is 1. The second-order valence-electron chi connectivity index (χ2n) is 5.93. The number of carbonyl (C=O) groups is 1. The van der Waals surface area contributed by atoms with Crippen molar-refractivity contribution in [3.05, 3.63) is 29.7 Å². The van der Waals surface area contributed by atoms with E-state index in [1.807, 2.05) is 0 Å². The van der Waals surface area contributed by atoms with Gasteiger partial charge in [0, 0.05) is 31.4 Å². The number of nitrogens with one attached hydrogen (secondary N) is 2. The van der Waals surface area contributed by atoms with Crippen LogP contribution in [0.1, 0.15) is 37.4 Å². The first-order valence-electron chi connectivity index (χ1n) is 8.00. The zero-order valence-electron chi connectivity index (χ0n) is 14.5. The van der Waals surface area contributed by atoms with Crippen LogP contribution in [0.3, 0.4) is 0 Å². The van der Waals surface area contributed by atoms with Crippen LogP contribution >= 0.6 is 11.3 Å². The van der Waals surface area contributed by atoms with Crippen LogP contribution in [-0.2, 0) is 0 Å². The molecule has 0 fully saturated rings. The Bertz CT molecular complexity index is 635. The molecule has 2 aromatic heterocycles. The lowest BCUT2D eigenvalue weighted by Gasteiger charge is -2.30. The van der Waals surface area contributed by atoms with Crippen LogP contribution in [0.25, 0.3) is 0 Å². The summed E-state index contributed by atoms with van der Waals surface area (Å²) in [4.78, 5) is 27.3. The zero-order chi connectivity index (χ0) is 17.5. The largest absolute Gasteiger partial charge is 0.350 e. The summed E-state index contributed by atoms with van der Waals surface area (Å²) < 4.78 is 0. The van der Waals surface area contributed by atoms with Gasteiger partial charge >= 0.3 is 0 Å². The lowest BCUT2D eigenvalue weighted by atomic mass is 10.2. The van der Waals surface area contributed by atoms with Gasteiger partial charge in [0.25, 0.3) is 5.91 Å². The highest BCUT2D eigenvalue weighted by atomic mass is 32.1. The first-order valence-corrected chi connectivity index (χ1v) is 8.82. The van der Waals surface area contributed by atoms with Crippen molar-refractivity contribution < 1.29 is 4.79 Å². The summed E-state index contributed by atoms with van der Waals surface area (Å²) in [7, 11) is 0. The smallest absolute Gasteiger partial charge is 0.263 e. The topological polar surface area (TPSA) is 83.0 Å². The van der Waals surface area contributed by atoms with Crippen molar-refractivity contribution in [2.45, 2.75) is 39.8 Å². The molecule has 2 heterocycles. The average Bonchev–Trinajstić information content (AvgIpc) is 3.00. The fourth-order valence-electron chi connectivity index (χ4n) is 2.41. The highest BCUT2D eigenvalue weighted by Crippen LogP contribution is 2.21. The summed E-state index contributed by atoms with van der Waals surface area (Å²) in [5.41, 5.74) is 0. The highest BCUT2D eigenvalue weighted by Gasteiger charge is 2.14. The molecule has 2 N–H and O–H groups in total. The summed E-state index contributed by atoms with van der Waals surface area (Å²) in [6, 6.07) is 2.65. The fraction of sp³-hybridized carbons (Fsp3) is 0.500. The maximum absolute atomic E-state index is 12.2. The van der Waals surface area contributed by atoms with E-state index in [-0.39, 0.29) is 5.91 Å². The molecule has 0 saturated heterocycles. The van der Waals surface area contributed by atoms with Crippen molar-refractivity contribution in [1.29, 1.82) is 0 Å². The van der Waals surface area contributed by atoms with Gasteiger partial charge in [0.05, 0.1) is 6.20 Å². The van der Waals surface area contributed by atoms with Gasteiger partial charge in [-0.2, -0.15) is 0 Å². The maximum Gasteiger partial charge on any atom is 0.263 e. The number of hydrogen-bond acceptors (Lipinski definition) is 7. The minimum atomic E-state index is -0.101. The first kappa shape index (κ1) is 18.3. The summed E-state index contributed by atoms with van der Waals surface area (Å²) in [5, 5.41) is 6.63. The van der Waals surface area contributed by atoms with E-state index in [9.17, 15) is 4.79 Å². The third-order valence-electron chi connectivity index (χ3n) is 3.53. The molecular formula is C16H24N6OS. The van der Waals surface area contributed by atoms with Crippen LogP contribution in [0.15, 0.2) is 24.8 Å². The number of anilines is 2. The molecule has 0 spiro atoms. The van der Waals surface area contributed by atoms with Crippen molar-refractivity contribution in [3.8, 4) is 0 Å².